The molecule has 78 valence electrons. The maximum atomic E-state index is 11.2. The van der Waals surface area contributed by atoms with Gasteiger partial charge in [-0.25, -0.2) is 0 Å². The van der Waals surface area contributed by atoms with Gasteiger partial charge in [-0.15, -0.1) is 0 Å². The molecule has 2 amide bonds. The second kappa shape index (κ2) is 4.95. The van der Waals surface area contributed by atoms with Crippen LogP contribution >= 0.6 is 0 Å². The predicted octanol–water partition coefficient (Wildman–Crippen LogP) is -2.48. The van der Waals surface area contributed by atoms with Gasteiger partial charge in [0.15, 0.2) is 11.7 Å². The molecule has 0 aliphatic heterocycles. The van der Waals surface area contributed by atoms with Gasteiger partial charge >= 0.3 is 0 Å². The molecule has 0 aliphatic rings. The molecular weight excluding hydrogens is 188 g/mol. The summed E-state index contributed by atoms with van der Waals surface area (Å²) < 4.78 is 0. The summed E-state index contributed by atoms with van der Waals surface area (Å²) in [4.78, 5) is 35.9. The smallest absolute Gasteiger partial charge is 0.235 e. The zero-order chi connectivity index (χ0) is 11.3. The topological polar surface area (TPSA) is 142 Å². The summed E-state index contributed by atoms with van der Waals surface area (Å²) >= 11 is 0. The molecule has 0 aromatic heterocycles. The molecule has 0 saturated carbocycles. The fraction of sp³-hybridized carbons (Fsp3) is 0.429. The van der Waals surface area contributed by atoms with Crippen LogP contribution in [0.1, 0.15) is 6.42 Å². The molecule has 0 bridgehead atoms. The number of hydrogen-bond donors (Lipinski definition) is 3. The SMILES string of the molecule is CN=C(N)C(C(N)=O)C(=O)CC(N)=O. The van der Waals surface area contributed by atoms with Gasteiger partial charge in [-0.05, 0) is 0 Å². The zero-order valence-electron chi connectivity index (χ0n) is 7.69. The van der Waals surface area contributed by atoms with Crippen molar-refractivity contribution in [3.05, 3.63) is 0 Å². The highest BCUT2D eigenvalue weighted by Crippen LogP contribution is 2.01. The van der Waals surface area contributed by atoms with E-state index in [1.165, 1.54) is 7.05 Å². The van der Waals surface area contributed by atoms with Gasteiger partial charge in [0.25, 0.3) is 0 Å². The standard InChI is InChI=1S/C7H12N4O3/c1-11-6(9)5(7(10)14)3(12)2-4(8)13/h5H,2H2,1H3,(H2,8,13)(H2,9,11)(H2,10,14). The van der Waals surface area contributed by atoms with Gasteiger partial charge in [0.1, 0.15) is 5.84 Å². The molecule has 14 heavy (non-hydrogen) atoms. The molecule has 0 heterocycles. The molecule has 0 fully saturated rings. The number of hydrogen-bond acceptors (Lipinski definition) is 4. The van der Waals surface area contributed by atoms with E-state index >= 15 is 0 Å². The Labute approximate surface area is 80.3 Å². The summed E-state index contributed by atoms with van der Waals surface area (Å²) in [5.74, 6) is -4.12. The number of amidine groups is 1. The summed E-state index contributed by atoms with van der Waals surface area (Å²) in [5, 5.41) is 0. The van der Waals surface area contributed by atoms with Gasteiger partial charge in [-0.1, -0.05) is 0 Å². The quantitative estimate of drug-likeness (QED) is 0.256. The highest BCUT2D eigenvalue weighted by molar-refractivity contribution is 6.21. The van der Waals surface area contributed by atoms with Crippen LogP contribution in [0.3, 0.4) is 0 Å². The number of amides is 2. The Bertz CT molecular complexity index is 297. The molecule has 7 nitrogen and oxygen atoms in total. The van der Waals surface area contributed by atoms with Gasteiger partial charge in [0.05, 0.1) is 6.42 Å². The second-order valence-corrected chi connectivity index (χ2v) is 2.59. The van der Waals surface area contributed by atoms with Gasteiger partial charge in [0, 0.05) is 7.05 Å². The number of carbonyl (C=O) groups is 3. The van der Waals surface area contributed by atoms with E-state index in [9.17, 15) is 14.4 Å². The highest BCUT2D eigenvalue weighted by Gasteiger charge is 2.28. The van der Waals surface area contributed by atoms with Crippen LogP contribution in [0.25, 0.3) is 0 Å². The minimum atomic E-state index is -1.37. The summed E-state index contributed by atoms with van der Waals surface area (Å²) in [6.45, 7) is 0. The predicted molar refractivity (Wildman–Crippen MR) is 49.0 cm³/mol. The van der Waals surface area contributed by atoms with E-state index in [1.54, 1.807) is 0 Å². The summed E-state index contributed by atoms with van der Waals surface area (Å²) in [7, 11) is 1.31. The minimum Gasteiger partial charge on any atom is -0.386 e. The number of Topliss-reactive ketones (excluding diaryl/α,β-unsaturated/α-hetero) is 1. The van der Waals surface area contributed by atoms with Gasteiger partial charge in [-0.3, -0.25) is 19.4 Å². The lowest BCUT2D eigenvalue weighted by molar-refractivity contribution is -0.131. The van der Waals surface area contributed by atoms with E-state index in [1.807, 2.05) is 0 Å². The number of carbonyl (C=O) groups excluding carboxylic acids is 3. The molecule has 0 rings (SSSR count). The lowest BCUT2D eigenvalue weighted by Gasteiger charge is -2.09. The van der Waals surface area contributed by atoms with Crippen molar-refractivity contribution in [1.82, 2.24) is 0 Å². The van der Waals surface area contributed by atoms with Crippen molar-refractivity contribution in [1.29, 1.82) is 0 Å². The third kappa shape index (κ3) is 3.21. The molecule has 0 aromatic rings. The lowest BCUT2D eigenvalue weighted by atomic mass is 9.99. The van der Waals surface area contributed by atoms with E-state index in [4.69, 9.17) is 17.2 Å². The number of primary amides is 2. The van der Waals surface area contributed by atoms with Gasteiger partial charge in [-0.2, -0.15) is 0 Å². The first-order valence-corrected chi connectivity index (χ1v) is 3.72. The van der Waals surface area contributed by atoms with Crippen LogP contribution in [-0.4, -0.2) is 30.5 Å². The molecule has 0 aliphatic carbocycles. The minimum absolute atomic E-state index is 0.219. The van der Waals surface area contributed by atoms with E-state index in [0.29, 0.717) is 0 Å². The normalized spacial score (nSPS) is 13.4. The third-order valence-corrected chi connectivity index (χ3v) is 1.51. The number of ketones is 1. The van der Waals surface area contributed by atoms with Crippen LogP contribution < -0.4 is 17.2 Å². The average molecular weight is 200 g/mol. The monoisotopic (exact) mass is 200 g/mol. The van der Waals surface area contributed by atoms with Crippen molar-refractivity contribution in [2.75, 3.05) is 7.05 Å². The van der Waals surface area contributed by atoms with Crippen LogP contribution in [0.5, 0.6) is 0 Å². The largest absolute Gasteiger partial charge is 0.386 e. The molecule has 7 heteroatoms. The van der Waals surface area contributed by atoms with Crippen LogP contribution in [0, 0.1) is 5.92 Å². The van der Waals surface area contributed by atoms with Crippen LogP contribution in [-0.2, 0) is 14.4 Å². The number of nitrogens with two attached hydrogens (primary N) is 3. The highest BCUT2D eigenvalue weighted by atomic mass is 16.2. The Hall–Kier alpha value is -1.92. The Morgan fingerprint density at radius 2 is 1.71 bits per heavy atom. The number of nitrogens with zero attached hydrogens (tertiary/aromatic N) is 1. The Kier molecular flexibility index (Phi) is 4.27. The van der Waals surface area contributed by atoms with E-state index in [0.717, 1.165) is 0 Å². The van der Waals surface area contributed by atoms with Crippen LogP contribution in [0.2, 0.25) is 0 Å². The molecule has 0 spiro atoms. The fourth-order valence-electron chi connectivity index (χ4n) is 0.872. The third-order valence-electron chi connectivity index (χ3n) is 1.51. The molecule has 0 aromatic carbocycles. The van der Waals surface area contributed by atoms with E-state index in [-0.39, 0.29) is 5.84 Å². The summed E-state index contributed by atoms with van der Waals surface area (Å²) in [6, 6.07) is 0. The van der Waals surface area contributed by atoms with Crippen LogP contribution in [0.4, 0.5) is 0 Å². The first-order chi connectivity index (χ1) is 6.40. The Morgan fingerprint density at radius 3 is 2.00 bits per heavy atom. The molecule has 6 N–H and O–H groups in total. The zero-order valence-corrected chi connectivity index (χ0v) is 7.69. The van der Waals surface area contributed by atoms with Crippen molar-refractivity contribution in [2.45, 2.75) is 6.42 Å². The van der Waals surface area contributed by atoms with Crippen molar-refractivity contribution in [3.63, 3.8) is 0 Å². The van der Waals surface area contributed by atoms with Gasteiger partial charge in [0.2, 0.25) is 11.8 Å². The molecule has 0 saturated heterocycles. The maximum absolute atomic E-state index is 11.2. The van der Waals surface area contributed by atoms with Crippen molar-refractivity contribution in [2.24, 2.45) is 28.1 Å². The van der Waals surface area contributed by atoms with E-state index < -0.39 is 29.9 Å². The Morgan fingerprint density at radius 1 is 1.21 bits per heavy atom. The maximum Gasteiger partial charge on any atom is 0.235 e. The molecular formula is C7H12N4O3. The van der Waals surface area contributed by atoms with Crippen molar-refractivity contribution >= 4 is 23.4 Å². The fourth-order valence-corrected chi connectivity index (χ4v) is 0.872. The van der Waals surface area contributed by atoms with E-state index in [2.05, 4.69) is 4.99 Å². The lowest BCUT2D eigenvalue weighted by Crippen LogP contribution is -2.42. The first kappa shape index (κ1) is 12.1. The summed E-state index contributed by atoms with van der Waals surface area (Å²) in [6.07, 6.45) is -0.580. The molecule has 1 unspecified atom stereocenters. The Balaban J connectivity index is 4.76. The molecule has 0 radical (unpaired) electrons. The van der Waals surface area contributed by atoms with Crippen LogP contribution in [0.15, 0.2) is 4.99 Å². The number of aliphatic imine (C=N–C) groups is 1. The van der Waals surface area contributed by atoms with Crippen molar-refractivity contribution < 1.29 is 14.4 Å². The summed E-state index contributed by atoms with van der Waals surface area (Å²) in [5.41, 5.74) is 15.0. The molecule has 1 atom stereocenters. The van der Waals surface area contributed by atoms with Crippen molar-refractivity contribution in [3.8, 4) is 0 Å². The van der Waals surface area contributed by atoms with Gasteiger partial charge < -0.3 is 17.2 Å². The second-order valence-electron chi connectivity index (χ2n) is 2.59. The first-order valence-electron chi connectivity index (χ1n) is 3.72. The average Bonchev–Trinajstić information content (AvgIpc) is 2.01. The number of rotatable bonds is 5.